The minimum Gasteiger partial charge on any atom is -0.491 e. The molecule has 0 saturated carbocycles. The summed E-state index contributed by atoms with van der Waals surface area (Å²) in [7, 11) is 1.32. The maximum absolute atomic E-state index is 11.3. The van der Waals surface area contributed by atoms with Gasteiger partial charge in [0, 0.05) is 4.47 Å². The summed E-state index contributed by atoms with van der Waals surface area (Å²) in [5.41, 5.74) is 0.400. The van der Waals surface area contributed by atoms with Crippen molar-refractivity contribution < 1.29 is 19.4 Å². The van der Waals surface area contributed by atoms with E-state index in [1.807, 2.05) is 0 Å². The average Bonchev–Trinajstić information content (AvgIpc) is 2.24. The van der Waals surface area contributed by atoms with E-state index in [0.717, 1.165) is 4.47 Å². The third-order valence-corrected chi connectivity index (χ3v) is 2.24. The predicted molar refractivity (Wildman–Crippen MR) is 62.7 cm³/mol. The molecule has 0 bridgehead atoms. The molecule has 1 aromatic carbocycles. The molecule has 0 amide bonds. The Morgan fingerprint density at radius 1 is 1.50 bits per heavy atom. The Kier molecular flexibility index (Phi) is 4.76. The Morgan fingerprint density at radius 3 is 2.75 bits per heavy atom. The van der Waals surface area contributed by atoms with Crippen molar-refractivity contribution in [2.24, 2.45) is 0 Å². The predicted octanol–water partition coefficient (Wildman–Crippen LogP) is 2.00. The van der Waals surface area contributed by atoms with E-state index >= 15 is 0 Å². The van der Waals surface area contributed by atoms with Crippen molar-refractivity contribution in [2.75, 3.05) is 13.7 Å². The van der Waals surface area contributed by atoms with E-state index in [0.29, 0.717) is 11.3 Å². The van der Waals surface area contributed by atoms with Crippen LogP contribution in [-0.2, 0) is 4.74 Å². The smallest absolute Gasteiger partial charge is 0.338 e. The minimum atomic E-state index is -0.555. The number of halogens is 1. The molecule has 88 valence electrons. The number of esters is 1. The zero-order valence-electron chi connectivity index (χ0n) is 9.07. The summed E-state index contributed by atoms with van der Waals surface area (Å²) in [6.07, 6.45) is -0.555. The second-order valence-electron chi connectivity index (χ2n) is 3.33. The third kappa shape index (κ3) is 3.83. The van der Waals surface area contributed by atoms with Crippen molar-refractivity contribution in [3.63, 3.8) is 0 Å². The number of carbonyl (C=O) groups excluding carboxylic acids is 1. The molecule has 0 fully saturated rings. The van der Waals surface area contributed by atoms with E-state index in [4.69, 9.17) is 9.84 Å². The summed E-state index contributed by atoms with van der Waals surface area (Å²) in [5, 5.41) is 9.08. The summed E-state index contributed by atoms with van der Waals surface area (Å²) < 4.78 is 10.6. The molecule has 1 rings (SSSR count). The van der Waals surface area contributed by atoms with Gasteiger partial charge in [0.25, 0.3) is 0 Å². The molecular weight excluding hydrogens is 276 g/mol. The normalized spacial score (nSPS) is 12.0. The molecule has 0 unspecified atom stereocenters. The molecule has 0 aliphatic rings. The fourth-order valence-corrected chi connectivity index (χ4v) is 1.57. The zero-order chi connectivity index (χ0) is 12.1. The zero-order valence-corrected chi connectivity index (χ0v) is 10.7. The standard InChI is InChI=1S/C11H13BrO4/c1-7(13)6-16-10-4-8(11(14)15-2)3-9(12)5-10/h3-5,7,13H,6H2,1-2H3/t7-/m1/s1. The van der Waals surface area contributed by atoms with Crippen LogP contribution in [0.2, 0.25) is 0 Å². The van der Waals surface area contributed by atoms with Gasteiger partial charge in [-0.05, 0) is 25.1 Å². The highest BCUT2D eigenvalue weighted by Crippen LogP contribution is 2.22. The number of hydrogen-bond donors (Lipinski definition) is 1. The van der Waals surface area contributed by atoms with Crippen LogP contribution >= 0.6 is 15.9 Å². The average molecular weight is 289 g/mol. The molecule has 0 aromatic heterocycles. The number of aliphatic hydroxyl groups is 1. The first-order valence-electron chi connectivity index (χ1n) is 4.72. The lowest BCUT2D eigenvalue weighted by molar-refractivity contribution is 0.0600. The van der Waals surface area contributed by atoms with Gasteiger partial charge in [0.15, 0.2) is 0 Å². The summed E-state index contributed by atoms with van der Waals surface area (Å²) >= 11 is 3.27. The molecule has 0 saturated heterocycles. The van der Waals surface area contributed by atoms with Crippen LogP contribution in [0.25, 0.3) is 0 Å². The van der Waals surface area contributed by atoms with Crippen molar-refractivity contribution in [1.82, 2.24) is 0 Å². The molecule has 1 atom stereocenters. The molecule has 1 N–H and O–H groups in total. The first kappa shape index (κ1) is 13.0. The highest BCUT2D eigenvalue weighted by molar-refractivity contribution is 9.10. The maximum Gasteiger partial charge on any atom is 0.338 e. The number of ether oxygens (including phenoxy) is 2. The van der Waals surface area contributed by atoms with Gasteiger partial charge in [-0.3, -0.25) is 0 Å². The van der Waals surface area contributed by atoms with Crippen LogP contribution in [0.4, 0.5) is 0 Å². The third-order valence-electron chi connectivity index (χ3n) is 1.78. The van der Waals surface area contributed by atoms with Gasteiger partial charge in [0.2, 0.25) is 0 Å². The van der Waals surface area contributed by atoms with Gasteiger partial charge < -0.3 is 14.6 Å². The van der Waals surface area contributed by atoms with E-state index in [1.54, 1.807) is 25.1 Å². The van der Waals surface area contributed by atoms with Crippen LogP contribution in [0.15, 0.2) is 22.7 Å². The van der Waals surface area contributed by atoms with Gasteiger partial charge >= 0.3 is 5.97 Å². The Morgan fingerprint density at radius 2 is 2.19 bits per heavy atom. The molecule has 0 spiro atoms. The minimum absolute atomic E-state index is 0.178. The Labute approximate surface area is 102 Å². The van der Waals surface area contributed by atoms with Crippen molar-refractivity contribution in [2.45, 2.75) is 13.0 Å². The van der Waals surface area contributed by atoms with Crippen molar-refractivity contribution in [1.29, 1.82) is 0 Å². The summed E-state index contributed by atoms with van der Waals surface area (Å²) in [4.78, 5) is 11.3. The molecule has 0 aliphatic carbocycles. The van der Waals surface area contributed by atoms with Crippen LogP contribution in [0.3, 0.4) is 0 Å². The monoisotopic (exact) mass is 288 g/mol. The SMILES string of the molecule is COC(=O)c1cc(Br)cc(OC[C@@H](C)O)c1. The second kappa shape index (κ2) is 5.86. The lowest BCUT2D eigenvalue weighted by atomic mass is 10.2. The number of methoxy groups -OCH3 is 1. The molecule has 0 aliphatic heterocycles. The van der Waals surface area contributed by atoms with Crippen LogP contribution in [-0.4, -0.2) is 30.9 Å². The highest BCUT2D eigenvalue weighted by atomic mass is 79.9. The van der Waals surface area contributed by atoms with Gasteiger partial charge in [-0.2, -0.15) is 0 Å². The fraction of sp³-hybridized carbons (Fsp3) is 0.364. The maximum atomic E-state index is 11.3. The largest absolute Gasteiger partial charge is 0.491 e. The van der Waals surface area contributed by atoms with Gasteiger partial charge in [0.05, 0.1) is 18.8 Å². The quantitative estimate of drug-likeness (QED) is 0.861. The van der Waals surface area contributed by atoms with Gasteiger partial charge in [-0.25, -0.2) is 4.79 Å². The van der Waals surface area contributed by atoms with Crippen molar-refractivity contribution in [3.8, 4) is 5.75 Å². The lowest BCUT2D eigenvalue weighted by Gasteiger charge is -2.09. The van der Waals surface area contributed by atoms with Crippen LogP contribution < -0.4 is 4.74 Å². The molecule has 1 aromatic rings. The number of carbonyl (C=O) groups is 1. The second-order valence-corrected chi connectivity index (χ2v) is 4.24. The highest BCUT2D eigenvalue weighted by Gasteiger charge is 2.09. The van der Waals surface area contributed by atoms with Gasteiger partial charge in [-0.15, -0.1) is 0 Å². The van der Waals surface area contributed by atoms with Crippen LogP contribution in [0, 0.1) is 0 Å². The van der Waals surface area contributed by atoms with Crippen molar-refractivity contribution >= 4 is 21.9 Å². The topological polar surface area (TPSA) is 55.8 Å². The number of rotatable bonds is 4. The molecule has 0 heterocycles. The first-order chi connectivity index (χ1) is 7.52. The molecule has 0 radical (unpaired) electrons. The number of benzene rings is 1. The fourth-order valence-electron chi connectivity index (χ4n) is 1.10. The van der Waals surface area contributed by atoms with Crippen LogP contribution in [0.5, 0.6) is 5.75 Å². The number of aliphatic hydroxyl groups excluding tert-OH is 1. The van der Waals surface area contributed by atoms with E-state index in [-0.39, 0.29) is 6.61 Å². The molecule has 5 heteroatoms. The Hall–Kier alpha value is -1.07. The van der Waals surface area contributed by atoms with E-state index in [1.165, 1.54) is 7.11 Å². The summed E-state index contributed by atoms with van der Waals surface area (Å²) in [5.74, 6) is 0.0823. The molecular formula is C11H13BrO4. The first-order valence-corrected chi connectivity index (χ1v) is 5.52. The van der Waals surface area contributed by atoms with E-state index in [2.05, 4.69) is 20.7 Å². The molecule has 4 nitrogen and oxygen atoms in total. The Balaban J connectivity index is 2.85. The number of hydrogen-bond acceptors (Lipinski definition) is 4. The molecule has 16 heavy (non-hydrogen) atoms. The summed E-state index contributed by atoms with van der Waals surface area (Å²) in [6, 6.07) is 4.93. The van der Waals surface area contributed by atoms with Crippen molar-refractivity contribution in [3.05, 3.63) is 28.2 Å². The lowest BCUT2D eigenvalue weighted by Crippen LogP contribution is -2.13. The van der Waals surface area contributed by atoms with E-state index in [9.17, 15) is 4.79 Å². The van der Waals surface area contributed by atoms with Gasteiger partial charge in [0.1, 0.15) is 12.4 Å². The summed E-state index contributed by atoms with van der Waals surface area (Å²) in [6.45, 7) is 1.80. The van der Waals surface area contributed by atoms with Crippen LogP contribution in [0.1, 0.15) is 17.3 Å². The Bertz CT molecular complexity index is 376. The van der Waals surface area contributed by atoms with E-state index < -0.39 is 12.1 Å². The van der Waals surface area contributed by atoms with Gasteiger partial charge in [-0.1, -0.05) is 15.9 Å².